The number of nitrogens with two attached hydrogens (primary N) is 1. The molecular formula is C21H27ClN6O2. The number of nitrogens with zero attached hydrogens (tertiary/aromatic N) is 3. The van der Waals surface area contributed by atoms with Gasteiger partial charge in [-0.15, -0.1) is 0 Å². The van der Waals surface area contributed by atoms with Crippen molar-refractivity contribution in [3.63, 3.8) is 0 Å². The van der Waals surface area contributed by atoms with Crippen molar-refractivity contribution in [2.75, 3.05) is 19.0 Å². The summed E-state index contributed by atoms with van der Waals surface area (Å²) in [5.41, 5.74) is 8.02. The molecule has 1 fully saturated rings. The van der Waals surface area contributed by atoms with Gasteiger partial charge in [-0.25, -0.2) is 4.99 Å². The minimum atomic E-state index is -0.261. The predicted octanol–water partition coefficient (Wildman–Crippen LogP) is 2.95. The third-order valence-corrected chi connectivity index (χ3v) is 6.14. The minimum absolute atomic E-state index is 0.129. The molecule has 2 aromatic rings. The summed E-state index contributed by atoms with van der Waals surface area (Å²) in [5.74, 6) is -0.182. The molecule has 0 spiro atoms. The highest BCUT2D eigenvalue weighted by Gasteiger charge is 2.23. The van der Waals surface area contributed by atoms with Crippen LogP contribution in [-0.4, -0.2) is 47.4 Å². The highest BCUT2D eigenvalue weighted by Crippen LogP contribution is 2.32. The lowest BCUT2D eigenvalue weighted by molar-refractivity contribution is -0.116. The lowest BCUT2D eigenvalue weighted by Gasteiger charge is -2.28. The molecule has 1 saturated carbocycles. The zero-order chi connectivity index (χ0) is 21.1. The lowest BCUT2D eigenvalue weighted by atomic mass is 9.91. The third-order valence-electron chi connectivity index (χ3n) is 5.81. The number of benzene rings is 1. The maximum atomic E-state index is 12.4. The first kappa shape index (κ1) is 20.7. The summed E-state index contributed by atoms with van der Waals surface area (Å²) in [6.45, 7) is 0.322. The molecule has 0 saturated heterocycles. The lowest BCUT2D eigenvalue weighted by Crippen LogP contribution is -2.31. The van der Waals surface area contributed by atoms with Gasteiger partial charge >= 0.3 is 0 Å². The van der Waals surface area contributed by atoms with Crippen LogP contribution >= 0.6 is 11.6 Å². The van der Waals surface area contributed by atoms with Gasteiger partial charge in [-0.05, 0) is 50.4 Å². The van der Waals surface area contributed by atoms with Gasteiger partial charge in [0.25, 0.3) is 6.02 Å². The maximum Gasteiger partial charge on any atom is 0.282 e. The standard InChI is InChI=1S/C21H27ClN6O2/c1-24-15-3-5-17(6-4-15)28-11-14(10-25-28)13-2-7-18(22)19(8-13)27-20(29)9-16-12-30-21(23)26-16/h2,7-8,10-11,15-17,24H,3-6,9,12H2,1H3,(H2,23,26)(H,27,29). The Balaban J connectivity index is 1.43. The van der Waals surface area contributed by atoms with Crippen LogP contribution in [0, 0.1) is 0 Å². The first-order valence-corrected chi connectivity index (χ1v) is 10.7. The molecule has 1 aliphatic carbocycles. The maximum absolute atomic E-state index is 12.4. The van der Waals surface area contributed by atoms with Gasteiger partial charge in [-0.2, -0.15) is 5.10 Å². The molecule has 160 valence electrons. The van der Waals surface area contributed by atoms with E-state index >= 15 is 0 Å². The van der Waals surface area contributed by atoms with Crippen molar-refractivity contribution in [2.45, 2.75) is 50.2 Å². The Hall–Kier alpha value is -2.58. The van der Waals surface area contributed by atoms with E-state index < -0.39 is 0 Å². The molecule has 1 aromatic carbocycles. The van der Waals surface area contributed by atoms with Gasteiger partial charge < -0.3 is 21.1 Å². The Bertz CT molecular complexity index is 935. The molecule has 0 bridgehead atoms. The molecule has 30 heavy (non-hydrogen) atoms. The molecule has 1 amide bonds. The summed E-state index contributed by atoms with van der Waals surface area (Å²) in [7, 11) is 2.03. The monoisotopic (exact) mass is 430 g/mol. The number of hydrogen-bond donors (Lipinski definition) is 3. The van der Waals surface area contributed by atoms with E-state index in [1.165, 1.54) is 0 Å². The first-order chi connectivity index (χ1) is 14.5. The molecule has 2 aliphatic rings. The number of amidine groups is 1. The average Bonchev–Trinajstić information content (AvgIpc) is 3.39. The largest absolute Gasteiger partial charge is 0.463 e. The minimum Gasteiger partial charge on any atom is -0.463 e. The Morgan fingerprint density at radius 3 is 2.80 bits per heavy atom. The molecular weight excluding hydrogens is 404 g/mol. The molecule has 4 rings (SSSR count). The number of carbonyl (C=O) groups is 1. The molecule has 4 N–H and O–H groups in total. The van der Waals surface area contributed by atoms with Gasteiger partial charge in [0, 0.05) is 17.8 Å². The van der Waals surface area contributed by atoms with E-state index in [2.05, 4.69) is 31.6 Å². The summed E-state index contributed by atoms with van der Waals surface area (Å²) in [6, 6.07) is 6.51. The van der Waals surface area contributed by atoms with Crippen LogP contribution in [0.2, 0.25) is 5.02 Å². The Labute approximate surface area is 180 Å². The van der Waals surface area contributed by atoms with Crippen LogP contribution in [0.4, 0.5) is 5.69 Å². The Kier molecular flexibility index (Phi) is 6.24. The second kappa shape index (κ2) is 9.06. The van der Waals surface area contributed by atoms with E-state index in [4.69, 9.17) is 22.1 Å². The van der Waals surface area contributed by atoms with Crippen LogP contribution < -0.4 is 16.4 Å². The predicted molar refractivity (Wildman–Crippen MR) is 118 cm³/mol. The van der Waals surface area contributed by atoms with Crippen molar-refractivity contribution >= 4 is 29.2 Å². The van der Waals surface area contributed by atoms with Crippen LogP contribution in [0.25, 0.3) is 11.1 Å². The molecule has 1 unspecified atom stereocenters. The second-order valence-corrected chi connectivity index (χ2v) is 8.29. The summed E-state index contributed by atoms with van der Waals surface area (Å²) >= 11 is 6.31. The number of halogens is 1. The molecule has 8 nitrogen and oxygen atoms in total. The van der Waals surface area contributed by atoms with Crippen molar-refractivity contribution in [1.82, 2.24) is 15.1 Å². The highest BCUT2D eigenvalue weighted by molar-refractivity contribution is 6.33. The molecule has 1 atom stereocenters. The molecule has 1 aliphatic heterocycles. The van der Waals surface area contributed by atoms with E-state index in [0.717, 1.165) is 36.8 Å². The van der Waals surface area contributed by atoms with E-state index in [1.54, 1.807) is 6.07 Å². The number of anilines is 1. The zero-order valence-electron chi connectivity index (χ0n) is 17.0. The number of hydrogen-bond acceptors (Lipinski definition) is 6. The van der Waals surface area contributed by atoms with Gasteiger partial charge in [0.1, 0.15) is 6.61 Å². The fourth-order valence-corrected chi connectivity index (χ4v) is 4.24. The van der Waals surface area contributed by atoms with Gasteiger partial charge in [0.2, 0.25) is 5.91 Å². The highest BCUT2D eigenvalue weighted by atomic mass is 35.5. The fourth-order valence-electron chi connectivity index (χ4n) is 4.07. The number of aromatic nitrogens is 2. The quantitative estimate of drug-likeness (QED) is 0.653. The molecule has 1 aromatic heterocycles. The molecule has 2 heterocycles. The van der Waals surface area contributed by atoms with E-state index in [1.807, 2.05) is 25.4 Å². The fraction of sp³-hybridized carbons (Fsp3) is 0.476. The van der Waals surface area contributed by atoms with Crippen molar-refractivity contribution in [1.29, 1.82) is 0 Å². The third kappa shape index (κ3) is 4.76. The topological polar surface area (TPSA) is 107 Å². The number of aliphatic imine (C=N–C) groups is 1. The van der Waals surface area contributed by atoms with Crippen LogP contribution in [0.1, 0.15) is 38.1 Å². The summed E-state index contributed by atoms with van der Waals surface area (Å²) < 4.78 is 7.16. The van der Waals surface area contributed by atoms with E-state index in [9.17, 15) is 4.79 Å². The van der Waals surface area contributed by atoms with Gasteiger partial charge in [0.15, 0.2) is 0 Å². The van der Waals surface area contributed by atoms with Crippen molar-refractivity contribution in [2.24, 2.45) is 10.7 Å². The second-order valence-electron chi connectivity index (χ2n) is 7.88. The zero-order valence-corrected chi connectivity index (χ0v) is 17.7. The molecule has 0 radical (unpaired) electrons. The van der Waals surface area contributed by atoms with Crippen LogP contribution in [-0.2, 0) is 9.53 Å². The van der Waals surface area contributed by atoms with Crippen LogP contribution in [0.5, 0.6) is 0 Å². The number of ether oxygens (including phenoxy) is 1. The number of nitrogens with one attached hydrogen (secondary N) is 2. The number of carbonyl (C=O) groups excluding carboxylic acids is 1. The van der Waals surface area contributed by atoms with Crippen LogP contribution in [0.15, 0.2) is 35.6 Å². The van der Waals surface area contributed by atoms with E-state index in [-0.39, 0.29) is 24.4 Å². The molecule has 9 heteroatoms. The van der Waals surface area contributed by atoms with Gasteiger partial charge in [-0.1, -0.05) is 17.7 Å². The average molecular weight is 431 g/mol. The van der Waals surface area contributed by atoms with Crippen LogP contribution in [0.3, 0.4) is 0 Å². The van der Waals surface area contributed by atoms with E-state index in [0.29, 0.717) is 29.4 Å². The van der Waals surface area contributed by atoms with Crippen molar-refractivity contribution in [3.8, 4) is 11.1 Å². The van der Waals surface area contributed by atoms with Crippen molar-refractivity contribution < 1.29 is 9.53 Å². The number of amides is 1. The van der Waals surface area contributed by atoms with Gasteiger partial charge in [-0.3, -0.25) is 9.48 Å². The normalized spacial score (nSPS) is 23.7. The summed E-state index contributed by atoms with van der Waals surface area (Å²) in [4.78, 5) is 16.5. The Morgan fingerprint density at radius 1 is 1.30 bits per heavy atom. The number of rotatable bonds is 6. The summed E-state index contributed by atoms with van der Waals surface area (Å²) in [6.07, 6.45) is 8.69. The van der Waals surface area contributed by atoms with Crippen molar-refractivity contribution in [3.05, 3.63) is 35.6 Å². The first-order valence-electron chi connectivity index (χ1n) is 10.3. The summed E-state index contributed by atoms with van der Waals surface area (Å²) in [5, 5.41) is 11.3. The smallest absolute Gasteiger partial charge is 0.282 e. The Morgan fingerprint density at radius 2 is 2.10 bits per heavy atom. The van der Waals surface area contributed by atoms with Gasteiger partial charge in [0.05, 0.1) is 35.4 Å². The SMILES string of the molecule is CNC1CCC(n2cc(-c3ccc(Cl)c(NC(=O)CC4COC(N)=N4)c3)cn2)CC1.